The maximum Gasteiger partial charge on any atom is 0.276 e. The molecule has 2 N–H and O–H groups in total. The molecule has 1 spiro atoms. The van der Waals surface area contributed by atoms with Crippen molar-refractivity contribution >= 4 is 39.7 Å². The van der Waals surface area contributed by atoms with Crippen LogP contribution in [-0.2, 0) is 5.66 Å². The topological polar surface area (TPSA) is 88.9 Å². The molecule has 1 amide bonds. The van der Waals surface area contributed by atoms with E-state index in [0.29, 0.717) is 10.8 Å². The number of nitrogens with zero attached hydrogens (tertiary/aromatic N) is 3. The van der Waals surface area contributed by atoms with E-state index in [0.717, 1.165) is 32.1 Å². The van der Waals surface area contributed by atoms with Gasteiger partial charge in [-0.2, -0.15) is 0 Å². The number of rotatable bonds is 2. The van der Waals surface area contributed by atoms with Crippen LogP contribution in [0.5, 0.6) is 0 Å². The fraction of sp³-hybridized carbons (Fsp3) is 0.429. The Morgan fingerprint density at radius 3 is 2.78 bits per heavy atom. The number of pyridine rings is 1. The Balaban J connectivity index is 1.87. The summed E-state index contributed by atoms with van der Waals surface area (Å²) in [6.45, 7) is 0. The lowest BCUT2D eigenvalue weighted by molar-refractivity contribution is 0.0877. The molecule has 1 fully saturated rings. The minimum atomic E-state index is -0.649. The zero-order valence-corrected chi connectivity index (χ0v) is 13.7. The van der Waals surface area contributed by atoms with E-state index in [-0.39, 0.29) is 22.2 Å². The van der Waals surface area contributed by atoms with Gasteiger partial charge in [0.1, 0.15) is 22.6 Å². The highest BCUT2D eigenvalue weighted by atomic mass is 35.5. The van der Waals surface area contributed by atoms with Crippen molar-refractivity contribution in [1.29, 1.82) is 0 Å². The molecule has 1 aliphatic carbocycles. The highest BCUT2D eigenvalue weighted by Gasteiger charge is 2.45. The number of carbonyl (C=O) groups excluding carboxylic acids is 1. The second kappa shape index (κ2) is 5.31. The SMILES string of the molecule is O=C1NC2(CCCCC2)n2c1c(Cl)cc(Nc1nncs1)c2=O. The minimum Gasteiger partial charge on any atom is -0.327 e. The van der Waals surface area contributed by atoms with Crippen LogP contribution in [0.1, 0.15) is 42.6 Å². The van der Waals surface area contributed by atoms with E-state index in [4.69, 9.17) is 11.6 Å². The fourth-order valence-corrected chi connectivity index (χ4v) is 4.18. The van der Waals surface area contributed by atoms with Gasteiger partial charge in [0.2, 0.25) is 5.13 Å². The monoisotopic (exact) mass is 351 g/mol. The molecule has 23 heavy (non-hydrogen) atoms. The first-order chi connectivity index (χ1) is 11.1. The molecule has 2 aromatic rings. The Morgan fingerprint density at radius 1 is 1.30 bits per heavy atom. The van der Waals surface area contributed by atoms with Crippen LogP contribution in [0.25, 0.3) is 0 Å². The van der Waals surface area contributed by atoms with E-state index in [1.807, 2.05) is 0 Å². The van der Waals surface area contributed by atoms with E-state index in [1.54, 1.807) is 10.1 Å². The standard InChI is InChI=1S/C14H14ClN5O2S/c15-8-6-9(17-13-19-16-7-23-13)12(22)20-10(8)11(21)18-14(20)4-2-1-3-5-14/h6-7H,1-5H2,(H,17,19)(H,18,21). The predicted octanol–water partition coefficient (Wildman–Crippen LogP) is 2.46. The van der Waals surface area contributed by atoms with E-state index in [1.165, 1.54) is 17.4 Å². The summed E-state index contributed by atoms with van der Waals surface area (Å²) in [5.74, 6) is -0.281. The second-order valence-electron chi connectivity index (χ2n) is 5.81. The maximum absolute atomic E-state index is 13.0. The summed E-state index contributed by atoms with van der Waals surface area (Å²) in [7, 11) is 0. The molecule has 1 saturated carbocycles. The van der Waals surface area contributed by atoms with Gasteiger partial charge < -0.3 is 10.6 Å². The normalized spacial score (nSPS) is 18.7. The lowest BCUT2D eigenvalue weighted by Crippen LogP contribution is -2.48. The molecule has 1 aliphatic heterocycles. The molecule has 0 radical (unpaired) electrons. The highest BCUT2D eigenvalue weighted by Crippen LogP contribution is 2.38. The number of halogens is 1. The summed E-state index contributed by atoms with van der Waals surface area (Å²) < 4.78 is 1.54. The Labute approximate surface area is 140 Å². The number of hydrogen-bond donors (Lipinski definition) is 2. The van der Waals surface area contributed by atoms with Crippen molar-refractivity contribution in [3.8, 4) is 0 Å². The summed E-state index contributed by atoms with van der Waals surface area (Å²) in [6.07, 6.45) is 4.53. The van der Waals surface area contributed by atoms with Gasteiger partial charge in [0.25, 0.3) is 11.5 Å². The van der Waals surface area contributed by atoms with Crippen LogP contribution in [0.15, 0.2) is 16.4 Å². The first kappa shape index (κ1) is 14.6. The molecule has 2 aliphatic rings. The van der Waals surface area contributed by atoms with E-state index in [2.05, 4.69) is 20.8 Å². The summed E-state index contributed by atoms with van der Waals surface area (Å²) in [4.78, 5) is 25.3. The number of fused-ring (bicyclic) bond motifs is 2. The zero-order valence-electron chi connectivity index (χ0n) is 12.1. The van der Waals surface area contributed by atoms with Crippen molar-refractivity contribution in [2.75, 3.05) is 5.32 Å². The molecular weight excluding hydrogens is 338 g/mol. The van der Waals surface area contributed by atoms with Crippen LogP contribution in [0.2, 0.25) is 5.02 Å². The van der Waals surface area contributed by atoms with Gasteiger partial charge >= 0.3 is 0 Å². The largest absolute Gasteiger partial charge is 0.327 e. The molecule has 0 aromatic carbocycles. The molecule has 0 bridgehead atoms. The third-order valence-corrected chi connectivity index (χ3v) is 5.32. The number of amides is 1. The highest BCUT2D eigenvalue weighted by molar-refractivity contribution is 7.13. The number of hydrogen-bond acceptors (Lipinski definition) is 6. The van der Waals surface area contributed by atoms with Crippen molar-refractivity contribution in [1.82, 2.24) is 20.1 Å². The summed E-state index contributed by atoms with van der Waals surface area (Å²) >= 11 is 7.58. The van der Waals surface area contributed by atoms with Gasteiger partial charge in [-0.1, -0.05) is 29.4 Å². The molecule has 4 rings (SSSR count). The summed E-state index contributed by atoms with van der Waals surface area (Å²) in [5.41, 5.74) is 1.21. The van der Waals surface area contributed by atoms with Crippen LogP contribution < -0.4 is 16.2 Å². The van der Waals surface area contributed by atoms with Gasteiger partial charge in [0.05, 0.1) is 5.02 Å². The minimum absolute atomic E-state index is 0.251. The van der Waals surface area contributed by atoms with Gasteiger partial charge in [-0.3, -0.25) is 14.2 Å². The molecule has 0 atom stereocenters. The third kappa shape index (κ3) is 2.24. The van der Waals surface area contributed by atoms with E-state index < -0.39 is 5.66 Å². The van der Waals surface area contributed by atoms with Gasteiger partial charge in [0, 0.05) is 0 Å². The lowest BCUT2D eigenvalue weighted by Gasteiger charge is -2.35. The van der Waals surface area contributed by atoms with Crippen LogP contribution in [0.3, 0.4) is 0 Å². The van der Waals surface area contributed by atoms with E-state index in [9.17, 15) is 9.59 Å². The summed E-state index contributed by atoms with van der Waals surface area (Å²) in [6, 6.07) is 1.48. The molecule has 9 heteroatoms. The van der Waals surface area contributed by atoms with Gasteiger partial charge in [0.15, 0.2) is 0 Å². The van der Waals surface area contributed by atoms with Crippen molar-refractivity contribution in [2.45, 2.75) is 37.8 Å². The second-order valence-corrected chi connectivity index (χ2v) is 7.05. The fourth-order valence-electron chi connectivity index (χ4n) is 3.45. The van der Waals surface area contributed by atoms with Crippen molar-refractivity contribution in [2.24, 2.45) is 0 Å². The molecule has 2 aromatic heterocycles. The molecular formula is C14H14ClN5O2S. The van der Waals surface area contributed by atoms with Crippen LogP contribution in [-0.4, -0.2) is 20.7 Å². The Bertz CT molecular complexity index is 826. The molecule has 120 valence electrons. The molecule has 0 saturated heterocycles. The van der Waals surface area contributed by atoms with Crippen molar-refractivity contribution < 1.29 is 4.79 Å². The molecule has 3 heterocycles. The Kier molecular flexibility index (Phi) is 3.38. The van der Waals surface area contributed by atoms with Crippen molar-refractivity contribution in [3.63, 3.8) is 0 Å². The zero-order chi connectivity index (χ0) is 16.0. The Hall–Kier alpha value is -1.93. The number of aromatic nitrogens is 3. The maximum atomic E-state index is 13.0. The van der Waals surface area contributed by atoms with Crippen LogP contribution in [0, 0.1) is 0 Å². The van der Waals surface area contributed by atoms with E-state index >= 15 is 0 Å². The number of anilines is 2. The van der Waals surface area contributed by atoms with Gasteiger partial charge in [-0.25, -0.2) is 0 Å². The smallest absolute Gasteiger partial charge is 0.276 e. The van der Waals surface area contributed by atoms with Crippen molar-refractivity contribution in [3.05, 3.63) is 32.6 Å². The van der Waals surface area contributed by atoms with Gasteiger partial charge in [-0.05, 0) is 31.7 Å². The number of carbonyl (C=O) groups is 1. The van der Waals surface area contributed by atoms with Gasteiger partial charge in [-0.15, -0.1) is 10.2 Å². The average Bonchev–Trinajstić information content (AvgIpc) is 3.12. The molecule has 0 unspecified atom stereocenters. The average molecular weight is 352 g/mol. The summed E-state index contributed by atoms with van der Waals surface area (Å²) in [5, 5.41) is 14.3. The third-order valence-electron chi connectivity index (χ3n) is 4.43. The predicted molar refractivity (Wildman–Crippen MR) is 87.4 cm³/mol. The lowest BCUT2D eigenvalue weighted by atomic mass is 9.89. The van der Waals surface area contributed by atoms with Crippen LogP contribution in [0.4, 0.5) is 10.8 Å². The molecule has 7 nitrogen and oxygen atoms in total. The van der Waals surface area contributed by atoms with Crippen LogP contribution >= 0.6 is 22.9 Å². The number of nitrogens with one attached hydrogen (secondary N) is 2. The quantitative estimate of drug-likeness (QED) is 0.867. The first-order valence-electron chi connectivity index (χ1n) is 7.42. The Morgan fingerprint density at radius 2 is 2.09 bits per heavy atom. The first-order valence-corrected chi connectivity index (χ1v) is 8.68.